The molecule has 0 aliphatic heterocycles. The molecule has 0 saturated heterocycles. The van der Waals surface area contributed by atoms with Gasteiger partial charge in [-0.2, -0.15) is 5.10 Å². The number of anilines is 1. The SMILES string of the molecule is Cc1cc(C(=O)Nc2ccc(I)cc2)c2c(C)nn(C)c2n1. The minimum atomic E-state index is -0.146. The van der Waals surface area contributed by atoms with Gasteiger partial charge in [-0.05, 0) is 66.8 Å². The van der Waals surface area contributed by atoms with Gasteiger partial charge in [-0.15, -0.1) is 0 Å². The van der Waals surface area contributed by atoms with Crippen molar-refractivity contribution in [3.05, 3.63) is 50.9 Å². The Kier molecular flexibility index (Phi) is 3.86. The summed E-state index contributed by atoms with van der Waals surface area (Å²) in [6, 6.07) is 9.50. The fraction of sp³-hybridized carbons (Fsp3) is 0.188. The van der Waals surface area contributed by atoms with Crippen LogP contribution in [0.2, 0.25) is 0 Å². The first-order chi connectivity index (χ1) is 10.5. The number of hydrogen-bond donors (Lipinski definition) is 1. The van der Waals surface area contributed by atoms with Gasteiger partial charge in [-0.3, -0.25) is 9.48 Å². The molecule has 112 valence electrons. The van der Waals surface area contributed by atoms with Crippen LogP contribution in [0.25, 0.3) is 11.0 Å². The topological polar surface area (TPSA) is 59.8 Å². The molecule has 1 amide bonds. The Hall–Kier alpha value is -1.96. The number of nitrogens with zero attached hydrogens (tertiary/aromatic N) is 3. The molecule has 0 unspecified atom stereocenters. The van der Waals surface area contributed by atoms with Crippen molar-refractivity contribution >= 4 is 45.2 Å². The van der Waals surface area contributed by atoms with Gasteiger partial charge < -0.3 is 5.32 Å². The number of hydrogen-bond acceptors (Lipinski definition) is 3. The molecule has 0 bridgehead atoms. The molecule has 0 aliphatic rings. The van der Waals surface area contributed by atoms with E-state index in [2.05, 4.69) is 38.0 Å². The van der Waals surface area contributed by atoms with E-state index in [1.165, 1.54) is 0 Å². The zero-order chi connectivity index (χ0) is 15.9. The molecule has 2 aromatic heterocycles. The molecule has 1 aromatic carbocycles. The first kappa shape index (κ1) is 15.0. The Morgan fingerprint density at radius 2 is 1.91 bits per heavy atom. The molecular weight excluding hydrogens is 391 g/mol. The summed E-state index contributed by atoms with van der Waals surface area (Å²) in [5.74, 6) is -0.146. The normalized spacial score (nSPS) is 10.9. The molecule has 3 rings (SSSR count). The predicted octanol–water partition coefficient (Wildman–Crippen LogP) is 3.44. The number of carbonyl (C=O) groups excluding carboxylic acids is 1. The average Bonchev–Trinajstić information content (AvgIpc) is 2.75. The van der Waals surface area contributed by atoms with Crippen molar-refractivity contribution in [2.75, 3.05) is 5.32 Å². The largest absolute Gasteiger partial charge is 0.322 e. The Bertz CT molecular complexity index is 868. The maximum absolute atomic E-state index is 12.6. The molecule has 0 fully saturated rings. The van der Waals surface area contributed by atoms with Crippen molar-refractivity contribution in [3.63, 3.8) is 0 Å². The Morgan fingerprint density at radius 3 is 2.59 bits per heavy atom. The molecule has 6 heteroatoms. The van der Waals surface area contributed by atoms with E-state index in [1.54, 1.807) is 10.7 Å². The zero-order valence-electron chi connectivity index (χ0n) is 12.5. The van der Waals surface area contributed by atoms with Gasteiger partial charge in [-0.1, -0.05) is 0 Å². The fourth-order valence-electron chi connectivity index (χ4n) is 2.48. The lowest BCUT2D eigenvalue weighted by Gasteiger charge is -2.08. The van der Waals surface area contributed by atoms with Crippen LogP contribution in [-0.2, 0) is 7.05 Å². The number of rotatable bonds is 2. The maximum atomic E-state index is 12.6. The smallest absolute Gasteiger partial charge is 0.256 e. The van der Waals surface area contributed by atoms with E-state index in [-0.39, 0.29) is 5.91 Å². The Balaban J connectivity index is 2.05. The van der Waals surface area contributed by atoms with Crippen molar-refractivity contribution in [3.8, 4) is 0 Å². The van der Waals surface area contributed by atoms with E-state index in [9.17, 15) is 4.79 Å². The van der Waals surface area contributed by atoms with E-state index in [1.807, 2.05) is 45.2 Å². The minimum absolute atomic E-state index is 0.146. The average molecular weight is 406 g/mol. The lowest BCUT2D eigenvalue weighted by molar-refractivity contribution is 0.102. The van der Waals surface area contributed by atoms with Crippen LogP contribution < -0.4 is 5.32 Å². The van der Waals surface area contributed by atoms with Gasteiger partial charge in [-0.25, -0.2) is 4.98 Å². The number of carbonyl (C=O) groups is 1. The van der Waals surface area contributed by atoms with E-state index in [0.29, 0.717) is 5.56 Å². The number of aryl methyl sites for hydroxylation is 3. The molecule has 3 aromatic rings. The van der Waals surface area contributed by atoms with Crippen molar-refractivity contribution in [2.45, 2.75) is 13.8 Å². The third kappa shape index (κ3) is 2.70. The van der Waals surface area contributed by atoms with Gasteiger partial charge in [0.05, 0.1) is 16.6 Å². The molecule has 0 spiro atoms. The summed E-state index contributed by atoms with van der Waals surface area (Å²) in [6.45, 7) is 3.77. The second kappa shape index (κ2) is 5.68. The number of amides is 1. The van der Waals surface area contributed by atoms with Gasteiger partial charge >= 0.3 is 0 Å². The number of aromatic nitrogens is 3. The first-order valence-corrected chi connectivity index (χ1v) is 7.91. The fourth-order valence-corrected chi connectivity index (χ4v) is 2.84. The van der Waals surface area contributed by atoms with Gasteiger partial charge in [0.25, 0.3) is 5.91 Å². The minimum Gasteiger partial charge on any atom is -0.322 e. The van der Waals surface area contributed by atoms with E-state index < -0.39 is 0 Å². The van der Waals surface area contributed by atoms with Gasteiger partial charge in [0, 0.05) is 22.0 Å². The highest BCUT2D eigenvalue weighted by Gasteiger charge is 2.17. The third-order valence-electron chi connectivity index (χ3n) is 3.44. The molecular formula is C16H15IN4O. The quantitative estimate of drug-likeness (QED) is 0.664. The van der Waals surface area contributed by atoms with Crippen molar-refractivity contribution < 1.29 is 4.79 Å². The lowest BCUT2D eigenvalue weighted by Crippen LogP contribution is -2.13. The van der Waals surface area contributed by atoms with Gasteiger partial charge in [0.2, 0.25) is 0 Å². The van der Waals surface area contributed by atoms with Crippen molar-refractivity contribution in [1.29, 1.82) is 0 Å². The molecule has 0 atom stereocenters. The van der Waals surface area contributed by atoms with Crippen LogP contribution in [0.5, 0.6) is 0 Å². The van der Waals surface area contributed by atoms with Gasteiger partial charge in [0.1, 0.15) is 0 Å². The maximum Gasteiger partial charge on any atom is 0.256 e. The Labute approximate surface area is 141 Å². The molecule has 0 radical (unpaired) electrons. The van der Waals surface area contributed by atoms with Crippen LogP contribution in [0.1, 0.15) is 21.7 Å². The Morgan fingerprint density at radius 1 is 1.23 bits per heavy atom. The highest BCUT2D eigenvalue weighted by Crippen LogP contribution is 2.23. The summed E-state index contributed by atoms with van der Waals surface area (Å²) in [6.07, 6.45) is 0. The van der Waals surface area contributed by atoms with Crippen LogP contribution >= 0.6 is 22.6 Å². The van der Waals surface area contributed by atoms with E-state index >= 15 is 0 Å². The highest BCUT2D eigenvalue weighted by molar-refractivity contribution is 14.1. The highest BCUT2D eigenvalue weighted by atomic mass is 127. The summed E-state index contributed by atoms with van der Waals surface area (Å²) < 4.78 is 2.83. The standard InChI is InChI=1S/C16H15IN4O/c1-9-8-13(14-10(2)20-21(3)15(14)18-9)16(22)19-12-6-4-11(17)5-7-12/h4-8H,1-3H3,(H,19,22). The summed E-state index contributed by atoms with van der Waals surface area (Å²) >= 11 is 2.23. The number of pyridine rings is 1. The summed E-state index contributed by atoms with van der Waals surface area (Å²) in [5.41, 5.74) is 3.70. The van der Waals surface area contributed by atoms with E-state index in [4.69, 9.17) is 0 Å². The number of benzene rings is 1. The molecule has 0 saturated carbocycles. The molecule has 1 N–H and O–H groups in total. The van der Waals surface area contributed by atoms with Crippen LogP contribution in [0.4, 0.5) is 5.69 Å². The van der Waals surface area contributed by atoms with Crippen LogP contribution in [0.15, 0.2) is 30.3 Å². The number of fused-ring (bicyclic) bond motifs is 1. The molecule has 2 heterocycles. The zero-order valence-corrected chi connectivity index (χ0v) is 14.7. The summed E-state index contributed by atoms with van der Waals surface area (Å²) in [5, 5.41) is 8.10. The molecule has 0 aliphatic carbocycles. The van der Waals surface area contributed by atoms with Crippen LogP contribution in [-0.4, -0.2) is 20.7 Å². The molecule has 22 heavy (non-hydrogen) atoms. The number of halogens is 1. The van der Waals surface area contributed by atoms with Crippen molar-refractivity contribution in [1.82, 2.24) is 14.8 Å². The van der Waals surface area contributed by atoms with Crippen LogP contribution in [0, 0.1) is 17.4 Å². The van der Waals surface area contributed by atoms with Gasteiger partial charge in [0.15, 0.2) is 5.65 Å². The van der Waals surface area contributed by atoms with E-state index in [0.717, 1.165) is 31.7 Å². The first-order valence-electron chi connectivity index (χ1n) is 6.83. The summed E-state index contributed by atoms with van der Waals surface area (Å²) in [4.78, 5) is 17.1. The monoisotopic (exact) mass is 406 g/mol. The molecule has 5 nitrogen and oxygen atoms in total. The van der Waals surface area contributed by atoms with Crippen LogP contribution in [0.3, 0.4) is 0 Å². The van der Waals surface area contributed by atoms with Crippen molar-refractivity contribution in [2.24, 2.45) is 7.05 Å². The summed E-state index contributed by atoms with van der Waals surface area (Å²) in [7, 11) is 1.84. The second-order valence-electron chi connectivity index (χ2n) is 5.18. The predicted molar refractivity (Wildman–Crippen MR) is 95.1 cm³/mol. The third-order valence-corrected chi connectivity index (χ3v) is 4.16. The second-order valence-corrected chi connectivity index (χ2v) is 6.43. The lowest BCUT2D eigenvalue weighted by atomic mass is 10.1. The number of nitrogens with one attached hydrogen (secondary N) is 1.